The largest absolute Gasteiger partial charge is 0.454 e. The minimum Gasteiger partial charge on any atom is -0.454 e. The highest BCUT2D eigenvalue weighted by atomic mass is 16.5. The van der Waals surface area contributed by atoms with E-state index in [0.29, 0.717) is 18.5 Å². The molecule has 0 saturated carbocycles. The zero-order chi connectivity index (χ0) is 21.9. The molecule has 3 amide bonds. The average Bonchev–Trinajstić information content (AvgIpc) is 3.16. The standard InChI is InChI=1S/C22H31N3O5/c1-3-4-5-7-16(2)24-19(26)15-30-21(28)14-23-22(29)17-9-11-18(12-10-17)25-13-6-8-20(25)27/h9-12,16H,3-8,13-15H2,1-2H3,(H,23,29)(H,24,26)/t16-/m0/s1. The molecular weight excluding hydrogens is 386 g/mol. The van der Waals surface area contributed by atoms with Crippen LogP contribution in [0.1, 0.15) is 62.7 Å². The predicted octanol–water partition coefficient (Wildman–Crippen LogP) is 2.17. The van der Waals surface area contributed by atoms with Gasteiger partial charge in [-0.15, -0.1) is 0 Å². The Bertz CT molecular complexity index is 748. The highest BCUT2D eigenvalue weighted by Gasteiger charge is 2.21. The molecule has 8 nitrogen and oxygen atoms in total. The molecule has 0 unspecified atom stereocenters. The molecule has 0 spiro atoms. The summed E-state index contributed by atoms with van der Waals surface area (Å²) in [6.07, 6.45) is 5.53. The first kappa shape index (κ1) is 23.4. The number of nitrogens with one attached hydrogen (secondary N) is 2. The van der Waals surface area contributed by atoms with E-state index in [1.54, 1.807) is 29.2 Å². The molecule has 30 heavy (non-hydrogen) atoms. The number of benzene rings is 1. The molecule has 2 rings (SSSR count). The molecule has 1 fully saturated rings. The van der Waals surface area contributed by atoms with Crippen LogP contribution in [0.25, 0.3) is 0 Å². The van der Waals surface area contributed by atoms with Crippen LogP contribution in [-0.2, 0) is 19.1 Å². The van der Waals surface area contributed by atoms with Crippen LogP contribution in [0.15, 0.2) is 24.3 Å². The molecule has 0 aromatic heterocycles. The number of hydrogen-bond acceptors (Lipinski definition) is 5. The van der Waals surface area contributed by atoms with Crippen LogP contribution in [0.2, 0.25) is 0 Å². The van der Waals surface area contributed by atoms with Crippen molar-refractivity contribution in [2.75, 3.05) is 24.6 Å². The molecule has 1 aromatic rings. The van der Waals surface area contributed by atoms with Crippen LogP contribution >= 0.6 is 0 Å². The van der Waals surface area contributed by atoms with Gasteiger partial charge in [-0.1, -0.05) is 26.2 Å². The third-order valence-electron chi connectivity index (χ3n) is 4.92. The van der Waals surface area contributed by atoms with E-state index in [0.717, 1.165) is 37.8 Å². The second kappa shape index (κ2) is 11.9. The van der Waals surface area contributed by atoms with Crippen molar-refractivity contribution in [3.63, 3.8) is 0 Å². The van der Waals surface area contributed by atoms with E-state index in [2.05, 4.69) is 17.6 Å². The molecule has 164 valence electrons. The van der Waals surface area contributed by atoms with Crippen molar-refractivity contribution in [2.24, 2.45) is 0 Å². The molecule has 1 aromatic carbocycles. The van der Waals surface area contributed by atoms with Crippen molar-refractivity contribution < 1.29 is 23.9 Å². The Morgan fingerprint density at radius 3 is 2.53 bits per heavy atom. The lowest BCUT2D eigenvalue weighted by atomic mass is 10.1. The number of carbonyl (C=O) groups excluding carboxylic acids is 4. The predicted molar refractivity (Wildman–Crippen MR) is 113 cm³/mol. The van der Waals surface area contributed by atoms with Crippen LogP contribution in [0.5, 0.6) is 0 Å². The van der Waals surface area contributed by atoms with Gasteiger partial charge in [-0.2, -0.15) is 0 Å². The third kappa shape index (κ3) is 7.50. The number of carbonyl (C=O) groups is 4. The first-order chi connectivity index (χ1) is 14.4. The van der Waals surface area contributed by atoms with Crippen LogP contribution < -0.4 is 15.5 Å². The maximum Gasteiger partial charge on any atom is 0.325 e. The summed E-state index contributed by atoms with van der Waals surface area (Å²) in [5.74, 6) is -1.39. The second-order valence-electron chi connectivity index (χ2n) is 7.50. The first-order valence-corrected chi connectivity index (χ1v) is 10.5. The van der Waals surface area contributed by atoms with Gasteiger partial charge in [0.15, 0.2) is 6.61 Å². The summed E-state index contributed by atoms with van der Waals surface area (Å²) < 4.78 is 4.91. The normalized spacial score (nSPS) is 14.3. The van der Waals surface area contributed by atoms with Gasteiger partial charge >= 0.3 is 5.97 Å². The van der Waals surface area contributed by atoms with E-state index in [1.165, 1.54) is 0 Å². The number of unbranched alkanes of at least 4 members (excludes halogenated alkanes) is 2. The second-order valence-corrected chi connectivity index (χ2v) is 7.50. The van der Waals surface area contributed by atoms with Crippen LogP contribution in [-0.4, -0.2) is 49.4 Å². The molecule has 2 N–H and O–H groups in total. The quantitative estimate of drug-likeness (QED) is 0.424. The molecule has 0 radical (unpaired) electrons. The fourth-order valence-electron chi connectivity index (χ4n) is 3.25. The lowest BCUT2D eigenvalue weighted by Crippen LogP contribution is -2.37. The Kier molecular flexibility index (Phi) is 9.31. The molecule has 1 aliphatic rings. The molecule has 0 bridgehead atoms. The van der Waals surface area contributed by atoms with Crippen molar-refractivity contribution in [1.82, 2.24) is 10.6 Å². The van der Waals surface area contributed by atoms with E-state index in [9.17, 15) is 19.2 Å². The molecule has 1 aliphatic heterocycles. The van der Waals surface area contributed by atoms with Crippen LogP contribution in [0.4, 0.5) is 5.69 Å². The Balaban J connectivity index is 1.68. The van der Waals surface area contributed by atoms with Crippen molar-refractivity contribution in [3.05, 3.63) is 29.8 Å². The summed E-state index contributed by atoms with van der Waals surface area (Å²) in [4.78, 5) is 49.2. The van der Waals surface area contributed by atoms with Crippen molar-refractivity contribution in [1.29, 1.82) is 0 Å². The Morgan fingerprint density at radius 2 is 1.90 bits per heavy atom. The van der Waals surface area contributed by atoms with Crippen molar-refractivity contribution in [2.45, 2.75) is 58.4 Å². The van der Waals surface area contributed by atoms with Crippen molar-refractivity contribution in [3.8, 4) is 0 Å². The maximum absolute atomic E-state index is 12.2. The van der Waals surface area contributed by atoms with E-state index >= 15 is 0 Å². The topological polar surface area (TPSA) is 105 Å². The van der Waals surface area contributed by atoms with E-state index in [1.807, 2.05) is 6.92 Å². The summed E-state index contributed by atoms with van der Waals surface area (Å²) in [7, 11) is 0. The lowest BCUT2D eigenvalue weighted by Gasteiger charge is -2.15. The fourth-order valence-corrected chi connectivity index (χ4v) is 3.25. The number of anilines is 1. The summed E-state index contributed by atoms with van der Waals surface area (Å²) in [6, 6.07) is 6.66. The van der Waals surface area contributed by atoms with Gasteiger partial charge in [-0.05, 0) is 44.0 Å². The summed E-state index contributed by atoms with van der Waals surface area (Å²) in [5, 5.41) is 5.25. The fraction of sp³-hybridized carbons (Fsp3) is 0.545. The van der Waals surface area contributed by atoms with E-state index < -0.39 is 11.9 Å². The smallest absolute Gasteiger partial charge is 0.325 e. The summed E-state index contributed by atoms with van der Waals surface area (Å²) in [6.45, 7) is 4.02. The van der Waals surface area contributed by atoms with Gasteiger partial charge < -0.3 is 20.3 Å². The maximum atomic E-state index is 12.2. The molecule has 1 saturated heterocycles. The zero-order valence-electron chi connectivity index (χ0n) is 17.7. The monoisotopic (exact) mass is 417 g/mol. The zero-order valence-corrected chi connectivity index (χ0v) is 17.7. The van der Waals surface area contributed by atoms with Gasteiger partial charge in [0.25, 0.3) is 11.8 Å². The SMILES string of the molecule is CCCCC[C@H](C)NC(=O)COC(=O)CNC(=O)c1ccc(N2CCCC2=O)cc1. The molecular formula is C22H31N3O5. The molecule has 1 heterocycles. The minimum absolute atomic E-state index is 0.0290. The van der Waals surface area contributed by atoms with Crippen LogP contribution in [0.3, 0.4) is 0 Å². The average molecular weight is 418 g/mol. The van der Waals surface area contributed by atoms with Gasteiger partial charge in [0.1, 0.15) is 6.54 Å². The number of ether oxygens (including phenoxy) is 1. The number of rotatable bonds is 11. The lowest BCUT2D eigenvalue weighted by molar-refractivity contribution is -0.147. The van der Waals surface area contributed by atoms with E-state index in [-0.39, 0.29) is 31.0 Å². The molecule has 1 atom stereocenters. The minimum atomic E-state index is -0.684. The third-order valence-corrected chi connectivity index (χ3v) is 4.92. The summed E-state index contributed by atoms with van der Waals surface area (Å²) >= 11 is 0. The van der Waals surface area contributed by atoms with E-state index in [4.69, 9.17) is 4.74 Å². The van der Waals surface area contributed by atoms with Gasteiger partial charge in [-0.25, -0.2) is 0 Å². The Morgan fingerprint density at radius 1 is 1.17 bits per heavy atom. The highest BCUT2D eigenvalue weighted by Crippen LogP contribution is 2.21. The van der Waals surface area contributed by atoms with Gasteiger partial charge in [0.2, 0.25) is 5.91 Å². The number of amides is 3. The molecule has 0 aliphatic carbocycles. The Labute approximate surface area is 177 Å². The highest BCUT2D eigenvalue weighted by molar-refractivity contribution is 5.98. The van der Waals surface area contributed by atoms with Gasteiger partial charge in [0.05, 0.1) is 0 Å². The summed E-state index contributed by atoms with van der Waals surface area (Å²) in [5.41, 5.74) is 1.13. The van der Waals surface area contributed by atoms with Gasteiger partial charge in [0, 0.05) is 30.3 Å². The number of hydrogen-bond donors (Lipinski definition) is 2. The number of esters is 1. The van der Waals surface area contributed by atoms with Crippen LogP contribution in [0, 0.1) is 0 Å². The van der Waals surface area contributed by atoms with Gasteiger partial charge in [-0.3, -0.25) is 19.2 Å². The Hall–Kier alpha value is -2.90. The first-order valence-electron chi connectivity index (χ1n) is 10.5. The molecule has 8 heteroatoms. The van der Waals surface area contributed by atoms with Crippen molar-refractivity contribution >= 4 is 29.4 Å². The number of nitrogens with zero attached hydrogens (tertiary/aromatic N) is 1.